The van der Waals surface area contributed by atoms with Crippen molar-refractivity contribution in [2.45, 2.75) is 12.5 Å². The second-order valence-electron chi connectivity index (χ2n) is 5.10. The van der Waals surface area contributed by atoms with Crippen LogP contribution in [0.15, 0.2) is 42.5 Å². The summed E-state index contributed by atoms with van der Waals surface area (Å²) in [5.41, 5.74) is 13.8. The van der Waals surface area contributed by atoms with Crippen LogP contribution >= 0.6 is 0 Å². The standard InChI is InChI=1S/C16H17N3O2/c17-11-5-6-14(13(8-11)16(18)20)19-9-12-7-10-3-1-2-4-15(10)21-12/h1-6,8,12,19H,7,9,17H2,(H2,18,20). The number of rotatable bonds is 4. The summed E-state index contributed by atoms with van der Waals surface area (Å²) in [5, 5.41) is 3.22. The molecule has 0 aromatic heterocycles. The second-order valence-corrected chi connectivity index (χ2v) is 5.10. The Balaban J connectivity index is 1.68. The number of nitrogens with two attached hydrogens (primary N) is 2. The highest BCUT2D eigenvalue weighted by molar-refractivity contribution is 5.99. The van der Waals surface area contributed by atoms with Crippen LogP contribution in [0.25, 0.3) is 0 Å². The number of amides is 1. The topological polar surface area (TPSA) is 90.4 Å². The van der Waals surface area contributed by atoms with E-state index in [4.69, 9.17) is 16.2 Å². The van der Waals surface area contributed by atoms with Gasteiger partial charge in [0, 0.05) is 17.8 Å². The van der Waals surface area contributed by atoms with Crippen molar-refractivity contribution in [1.82, 2.24) is 0 Å². The van der Waals surface area contributed by atoms with Gasteiger partial charge in [-0.25, -0.2) is 0 Å². The van der Waals surface area contributed by atoms with E-state index in [1.54, 1.807) is 18.2 Å². The molecule has 0 saturated heterocycles. The molecule has 0 aliphatic carbocycles. The first-order chi connectivity index (χ1) is 10.1. The third kappa shape index (κ3) is 2.76. The Morgan fingerprint density at radius 3 is 2.86 bits per heavy atom. The molecule has 5 N–H and O–H groups in total. The summed E-state index contributed by atoms with van der Waals surface area (Å²) >= 11 is 0. The van der Waals surface area contributed by atoms with E-state index >= 15 is 0 Å². The second kappa shape index (κ2) is 5.36. The smallest absolute Gasteiger partial charge is 0.250 e. The van der Waals surface area contributed by atoms with E-state index in [0.717, 1.165) is 12.2 Å². The fourth-order valence-corrected chi connectivity index (χ4v) is 2.51. The number of anilines is 2. The number of para-hydroxylation sites is 1. The maximum absolute atomic E-state index is 11.4. The van der Waals surface area contributed by atoms with E-state index in [1.807, 2.05) is 18.2 Å². The number of ether oxygens (including phenoxy) is 1. The van der Waals surface area contributed by atoms with Crippen LogP contribution in [0.2, 0.25) is 0 Å². The molecule has 5 heteroatoms. The van der Waals surface area contributed by atoms with Crippen molar-refractivity contribution in [3.05, 3.63) is 53.6 Å². The number of benzene rings is 2. The first-order valence-corrected chi connectivity index (χ1v) is 6.81. The molecule has 2 aromatic carbocycles. The van der Waals surface area contributed by atoms with E-state index in [2.05, 4.69) is 11.4 Å². The fraction of sp³-hybridized carbons (Fsp3) is 0.188. The van der Waals surface area contributed by atoms with Crippen LogP contribution in [0.4, 0.5) is 11.4 Å². The van der Waals surface area contributed by atoms with Gasteiger partial charge in [0.05, 0.1) is 12.1 Å². The van der Waals surface area contributed by atoms with E-state index in [9.17, 15) is 4.79 Å². The van der Waals surface area contributed by atoms with Gasteiger partial charge in [-0.3, -0.25) is 4.79 Å². The van der Waals surface area contributed by atoms with Crippen molar-refractivity contribution >= 4 is 17.3 Å². The van der Waals surface area contributed by atoms with Crippen LogP contribution in [0, 0.1) is 0 Å². The molecule has 1 aliphatic heterocycles. The molecule has 1 atom stereocenters. The molecule has 0 radical (unpaired) electrons. The Morgan fingerprint density at radius 2 is 2.10 bits per heavy atom. The molecule has 1 heterocycles. The molecule has 5 nitrogen and oxygen atoms in total. The molecular weight excluding hydrogens is 266 g/mol. The number of fused-ring (bicyclic) bond motifs is 1. The molecule has 0 spiro atoms. The molecule has 0 saturated carbocycles. The molecule has 21 heavy (non-hydrogen) atoms. The summed E-state index contributed by atoms with van der Waals surface area (Å²) < 4.78 is 5.85. The van der Waals surface area contributed by atoms with Gasteiger partial charge in [-0.1, -0.05) is 18.2 Å². The number of nitrogen functional groups attached to an aromatic ring is 1. The van der Waals surface area contributed by atoms with Gasteiger partial charge < -0.3 is 21.5 Å². The van der Waals surface area contributed by atoms with Crippen molar-refractivity contribution < 1.29 is 9.53 Å². The van der Waals surface area contributed by atoms with E-state index in [0.29, 0.717) is 23.5 Å². The normalized spacial score (nSPS) is 16.1. The van der Waals surface area contributed by atoms with Gasteiger partial charge >= 0.3 is 0 Å². The highest BCUT2D eigenvalue weighted by Crippen LogP contribution is 2.28. The zero-order chi connectivity index (χ0) is 14.8. The maximum atomic E-state index is 11.4. The first-order valence-electron chi connectivity index (χ1n) is 6.81. The summed E-state index contributed by atoms with van der Waals surface area (Å²) in [7, 11) is 0. The fourth-order valence-electron chi connectivity index (χ4n) is 2.51. The Bertz CT molecular complexity index is 660. The average Bonchev–Trinajstić information content (AvgIpc) is 2.88. The quantitative estimate of drug-likeness (QED) is 0.746. The first kappa shape index (κ1) is 13.3. The van der Waals surface area contributed by atoms with Crippen molar-refractivity contribution in [3.8, 4) is 5.75 Å². The van der Waals surface area contributed by atoms with E-state index in [-0.39, 0.29) is 6.10 Å². The van der Waals surface area contributed by atoms with Crippen LogP contribution in [-0.2, 0) is 6.42 Å². The molecule has 3 rings (SSSR count). The minimum absolute atomic E-state index is 0.0423. The van der Waals surface area contributed by atoms with E-state index < -0.39 is 5.91 Å². The molecule has 0 fully saturated rings. The van der Waals surface area contributed by atoms with Crippen LogP contribution in [0.3, 0.4) is 0 Å². The lowest BCUT2D eigenvalue weighted by molar-refractivity contribution is 0.100. The lowest BCUT2D eigenvalue weighted by atomic mass is 10.1. The Kier molecular flexibility index (Phi) is 3.39. The zero-order valence-corrected chi connectivity index (χ0v) is 11.5. The molecular formula is C16H17N3O2. The zero-order valence-electron chi connectivity index (χ0n) is 11.5. The van der Waals surface area contributed by atoms with Crippen LogP contribution < -0.4 is 21.5 Å². The van der Waals surface area contributed by atoms with Gasteiger partial charge in [-0.2, -0.15) is 0 Å². The summed E-state index contributed by atoms with van der Waals surface area (Å²) in [6, 6.07) is 13.1. The van der Waals surface area contributed by atoms with E-state index in [1.165, 1.54) is 5.56 Å². The average molecular weight is 283 g/mol. The predicted molar refractivity (Wildman–Crippen MR) is 82.4 cm³/mol. The summed E-state index contributed by atoms with van der Waals surface area (Å²) in [5.74, 6) is 0.428. The van der Waals surface area contributed by atoms with Gasteiger partial charge in [0.15, 0.2) is 0 Å². The molecule has 1 amide bonds. The lowest BCUT2D eigenvalue weighted by Gasteiger charge is -2.15. The highest BCUT2D eigenvalue weighted by Gasteiger charge is 2.22. The van der Waals surface area contributed by atoms with Crippen LogP contribution in [0.1, 0.15) is 15.9 Å². The monoisotopic (exact) mass is 283 g/mol. The number of hydrogen-bond acceptors (Lipinski definition) is 4. The molecule has 1 aliphatic rings. The largest absolute Gasteiger partial charge is 0.488 e. The Labute approximate surface area is 122 Å². The van der Waals surface area contributed by atoms with Crippen molar-refractivity contribution in [2.24, 2.45) is 5.73 Å². The number of primary amides is 1. The van der Waals surface area contributed by atoms with Gasteiger partial charge in [0.2, 0.25) is 0 Å². The van der Waals surface area contributed by atoms with Gasteiger partial charge in [-0.05, 0) is 29.8 Å². The molecule has 2 aromatic rings. The van der Waals surface area contributed by atoms with Crippen molar-refractivity contribution in [3.63, 3.8) is 0 Å². The molecule has 0 bridgehead atoms. The van der Waals surface area contributed by atoms with Crippen LogP contribution in [0.5, 0.6) is 5.75 Å². The number of nitrogens with one attached hydrogen (secondary N) is 1. The Morgan fingerprint density at radius 1 is 1.29 bits per heavy atom. The van der Waals surface area contributed by atoms with Crippen molar-refractivity contribution in [2.75, 3.05) is 17.6 Å². The predicted octanol–water partition coefficient (Wildman–Crippen LogP) is 1.78. The molecule has 1 unspecified atom stereocenters. The summed E-state index contributed by atoms with van der Waals surface area (Å²) in [6.07, 6.45) is 0.894. The van der Waals surface area contributed by atoms with Gasteiger partial charge in [-0.15, -0.1) is 0 Å². The third-order valence-electron chi connectivity index (χ3n) is 3.54. The maximum Gasteiger partial charge on any atom is 0.250 e. The van der Waals surface area contributed by atoms with Gasteiger partial charge in [0.1, 0.15) is 11.9 Å². The highest BCUT2D eigenvalue weighted by atomic mass is 16.5. The van der Waals surface area contributed by atoms with Gasteiger partial charge in [0.25, 0.3) is 5.91 Å². The molecule has 108 valence electrons. The Hall–Kier alpha value is -2.69. The summed E-state index contributed by atoms with van der Waals surface area (Å²) in [6.45, 7) is 0.596. The van der Waals surface area contributed by atoms with Crippen molar-refractivity contribution in [1.29, 1.82) is 0 Å². The number of carbonyl (C=O) groups is 1. The minimum atomic E-state index is -0.500. The lowest BCUT2D eigenvalue weighted by Crippen LogP contribution is -2.25. The van der Waals surface area contributed by atoms with Crippen LogP contribution in [-0.4, -0.2) is 18.6 Å². The SMILES string of the molecule is NC(=O)c1cc(N)ccc1NCC1Cc2ccccc2O1. The number of carbonyl (C=O) groups excluding carboxylic acids is 1. The third-order valence-corrected chi connectivity index (χ3v) is 3.54. The summed E-state index contributed by atoms with van der Waals surface area (Å²) in [4.78, 5) is 11.4. The minimum Gasteiger partial charge on any atom is -0.488 e. The number of hydrogen-bond donors (Lipinski definition) is 3.